The van der Waals surface area contributed by atoms with Gasteiger partial charge in [0, 0.05) is 19.4 Å². The fraction of sp³-hybridized carbons (Fsp3) is 0.556. The number of halogens is 4. The first-order valence-electron chi connectivity index (χ1n) is 8.80. The molecule has 0 aliphatic carbocycles. The van der Waals surface area contributed by atoms with Gasteiger partial charge in [-0.1, -0.05) is 17.3 Å². The van der Waals surface area contributed by atoms with Gasteiger partial charge in [-0.05, 0) is 59.6 Å². The molecule has 1 saturated heterocycles. The van der Waals surface area contributed by atoms with Gasteiger partial charge in [0.05, 0.1) is 5.56 Å². The Morgan fingerprint density at radius 3 is 2.41 bits per heavy atom. The molecule has 2 heterocycles. The molecule has 1 aromatic carbocycles. The van der Waals surface area contributed by atoms with Crippen molar-refractivity contribution in [1.29, 1.82) is 0 Å². The summed E-state index contributed by atoms with van der Waals surface area (Å²) in [5, 5.41) is 6.55. The quantitative estimate of drug-likeness (QED) is 0.765. The zero-order chi connectivity index (χ0) is 19.6. The van der Waals surface area contributed by atoms with Crippen molar-refractivity contribution in [2.75, 3.05) is 20.1 Å². The van der Waals surface area contributed by atoms with E-state index in [2.05, 4.69) is 26.4 Å². The number of piperidine rings is 1. The number of rotatable bonds is 4. The minimum Gasteiger partial charge on any atom is -0.391 e. The molecule has 1 N–H and O–H groups in total. The second-order valence-electron chi connectivity index (χ2n) is 6.83. The van der Waals surface area contributed by atoms with E-state index < -0.39 is 17.8 Å². The predicted molar refractivity (Wildman–Crippen MR) is 98.4 cm³/mol. The maximum atomic E-state index is 12.8. The maximum Gasteiger partial charge on any atom is 0.416 e. The van der Waals surface area contributed by atoms with E-state index in [0.29, 0.717) is 24.6 Å². The van der Waals surface area contributed by atoms with Gasteiger partial charge >= 0.3 is 6.18 Å². The van der Waals surface area contributed by atoms with Gasteiger partial charge in [0.2, 0.25) is 5.91 Å². The number of carbonyl (C=O) groups excluding carboxylic acids is 1. The lowest BCUT2D eigenvalue weighted by Crippen LogP contribution is -2.45. The summed E-state index contributed by atoms with van der Waals surface area (Å²) in [7, 11) is 1.54. The molecule has 3 rings (SSSR count). The molecule has 1 amide bonds. The number of likely N-dealkylation sites (N-methyl/N-ethyl adjacent to an activating group) is 1. The number of nitrogens with one attached hydrogen (secondary N) is 1. The Kier molecular flexibility index (Phi) is 6.10. The third-order valence-corrected chi connectivity index (χ3v) is 5.64. The van der Waals surface area contributed by atoms with Gasteiger partial charge in [0.1, 0.15) is 16.8 Å². The second-order valence-corrected chi connectivity index (χ2v) is 7.74. The molecular weight excluding hydrogens is 427 g/mol. The Labute approximate surface area is 164 Å². The molecule has 9 heteroatoms. The van der Waals surface area contributed by atoms with Gasteiger partial charge in [0.15, 0.2) is 0 Å². The molecular formula is C18H21BrF3N3O2. The second kappa shape index (κ2) is 8.18. The van der Waals surface area contributed by atoms with Crippen molar-refractivity contribution in [2.24, 2.45) is 11.1 Å². The van der Waals surface area contributed by atoms with Crippen LogP contribution in [-0.2, 0) is 15.8 Å². The molecule has 0 aromatic heterocycles. The van der Waals surface area contributed by atoms with Gasteiger partial charge in [0.25, 0.3) is 0 Å². The van der Waals surface area contributed by atoms with Crippen LogP contribution in [0, 0.1) is 5.92 Å². The van der Waals surface area contributed by atoms with E-state index in [4.69, 9.17) is 4.84 Å². The highest BCUT2D eigenvalue weighted by atomic mass is 79.9. The third kappa shape index (κ3) is 4.63. The maximum absolute atomic E-state index is 12.8. The first-order valence-corrected chi connectivity index (χ1v) is 9.60. The van der Waals surface area contributed by atoms with Gasteiger partial charge in [-0.15, -0.1) is 0 Å². The first-order chi connectivity index (χ1) is 12.8. The molecule has 0 spiro atoms. The molecule has 2 aliphatic rings. The van der Waals surface area contributed by atoms with Gasteiger partial charge in [-0.25, -0.2) is 0 Å². The minimum atomic E-state index is -4.39. The lowest BCUT2D eigenvalue weighted by Gasteiger charge is -2.38. The van der Waals surface area contributed by atoms with E-state index in [1.807, 2.05) is 4.90 Å². The summed E-state index contributed by atoms with van der Waals surface area (Å²) in [5.41, 5.74) is -0.159. The average Bonchev–Trinajstić information content (AvgIpc) is 3.08. The normalized spacial score (nSPS) is 22.9. The standard InChI is InChI=1S/C18H21BrF3N3O2/c1-23-17(26)16(12-2-4-13(5-3-12)18(20,21)22)25-8-6-11(7-9-25)14-10-15(19)24-27-14/h2-5,11,14,16H,6-10H2,1H3,(H,23,26)/t14?,16-/m0/s1. The number of hydrogen-bond acceptors (Lipinski definition) is 4. The van der Waals surface area contributed by atoms with Crippen LogP contribution in [0.2, 0.25) is 0 Å². The molecule has 148 valence electrons. The van der Waals surface area contributed by atoms with Crippen LogP contribution in [0.4, 0.5) is 13.2 Å². The van der Waals surface area contributed by atoms with Gasteiger partial charge < -0.3 is 10.2 Å². The Balaban J connectivity index is 1.70. The molecule has 1 fully saturated rings. The molecule has 1 aromatic rings. The molecule has 2 aliphatic heterocycles. The lowest BCUT2D eigenvalue weighted by molar-refractivity contribution is -0.137. The number of nitrogens with zero attached hydrogens (tertiary/aromatic N) is 2. The van der Waals surface area contributed by atoms with Crippen LogP contribution in [0.25, 0.3) is 0 Å². The summed E-state index contributed by atoms with van der Waals surface area (Å²) in [4.78, 5) is 19.9. The molecule has 5 nitrogen and oxygen atoms in total. The van der Waals surface area contributed by atoms with E-state index >= 15 is 0 Å². The summed E-state index contributed by atoms with van der Waals surface area (Å²) in [5.74, 6) is 0.120. The number of hydrogen-bond donors (Lipinski definition) is 1. The van der Waals surface area contributed by atoms with Crippen molar-refractivity contribution < 1.29 is 22.8 Å². The van der Waals surface area contributed by atoms with Crippen LogP contribution in [-0.4, -0.2) is 41.7 Å². The number of carbonyl (C=O) groups is 1. The summed E-state index contributed by atoms with van der Waals surface area (Å²) in [6.45, 7) is 1.34. The number of benzene rings is 1. The molecule has 0 bridgehead atoms. The molecule has 1 unspecified atom stereocenters. The van der Waals surface area contributed by atoms with Crippen LogP contribution in [0.1, 0.15) is 36.4 Å². The van der Waals surface area contributed by atoms with E-state index in [1.54, 1.807) is 0 Å². The van der Waals surface area contributed by atoms with Crippen LogP contribution >= 0.6 is 15.9 Å². The van der Waals surface area contributed by atoms with Crippen molar-refractivity contribution in [3.05, 3.63) is 35.4 Å². The smallest absolute Gasteiger partial charge is 0.391 e. The Bertz CT molecular complexity index is 701. The van der Waals surface area contributed by atoms with E-state index in [1.165, 1.54) is 19.2 Å². The number of alkyl halides is 3. The summed E-state index contributed by atoms with van der Waals surface area (Å²) in [6, 6.07) is 4.23. The lowest BCUT2D eigenvalue weighted by atomic mass is 9.88. The van der Waals surface area contributed by atoms with Crippen LogP contribution < -0.4 is 5.32 Å². The van der Waals surface area contributed by atoms with Crippen molar-refractivity contribution in [3.63, 3.8) is 0 Å². The molecule has 2 atom stereocenters. The number of oxime groups is 1. The highest BCUT2D eigenvalue weighted by molar-refractivity contribution is 9.18. The van der Waals surface area contributed by atoms with Crippen molar-refractivity contribution >= 4 is 26.5 Å². The average molecular weight is 448 g/mol. The van der Waals surface area contributed by atoms with E-state index in [9.17, 15) is 18.0 Å². The van der Waals surface area contributed by atoms with E-state index in [-0.39, 0.29) is 12.0 Å². The SMILES string of the molecule is CNC(=O)[C@H](c1ccc(C(F)(F)F)cc1)N1CCC(C2CC(Br)=NO2)CC1. The summed E-state index contributed by atoms with van der Waals surface area (Å²) < 4.78 is 39.2. The van der Waals surface area contributed by atoms with Crippen molar-refractivity contribution in [2.45, 2.75) is 37.6 Å². The number of likely N-dealkylation sites (tertiary alicyclic amines) is 1. The van der Waals surface area contributed by atoms with E-state index in [0.717, 1.165) is 36.0 Å². The van der Waals surface area contributed by atoms with Gasteiger partial charge in [-0.3, -0.25) is 9.69 Å². The topological polar surface area (TPSA) is 53.9 Å². The zero-order valence-corrected chi connectivity index (χ0v) is 16.4. The van der Waals surface area contributed by atoms with Crippen LogP contribution in [0.15, 0.2) is 29.4 Å². The zero-order valence-electron chi connectivity index (χ0n) is 14.8. The van der Waals surface area contributed by atoms with Crippen LogP contribution in [0.5, 0.6) is 0 Å². The van der Waals surface area contributed by atoms with Gasteiger partial charge in [-0.2, -0.15) is 13.2 Å². The first kappa shape index (κ1) is 20.1. The largest absolute Gasteiger partial charge is 0.416 e. The number of amides is 1. The summed E-state index contributed by atoms with van der Waals surface area (Å²) in [6.07, 6.45) is -1.91. The molecule has 0 saturated carbocycles. The highest BCUT2D eigenvalue weighted by Crippen LogP contribution is 2.34. The monoisotopic (exact) mass is 447 g/mol. The Hall–Kier alpha value is -1.61. The fourth-order valence-electron chi connectivity index (χ4n) is 3.69. The highest BCUT2D eigenvalue weighted by Gasteiger charge is 2.36. The Morgan fingerprint density at radius 1 is 1.30 bits per heavy atom. The molecule has 0 radical (unpaired) electrons. The predicted octanol–water partition coefficient (Wildman–Crippen LogP) is 3.70. The van der Waals surface area contributed by atoms with Crippen LogP contribution in [0.3, 0.4) is 0 Å². The molecule has 27 heavy (non-hydrogen) atoms. The Morgan fingerprint density at radius 2 is 1.93 bits per heavy atom. The van der Waals surface area contributed by atoms with Crippen molar-refractivity contribution in [1.82, 2.24) is 10.2 Å². The minimum absolute atomic E-state index is 0.0473. The third-order valence-electron chi connectivity index (χ3n) is 5.17. The van der Waals surface area contributed by atoms with Crippen molar-refractivity contribution in [3.8, 4) is 0 Å². The summed E-state index contributed by atoms with van der Waals surface area (Å²) >= 11 is 3.34. The fourth-order valence-corrected chi connectivity index (χ4v) is 4.09.